The first-order valence-electron chi connectivity index (χ1n) is 9.22. The van der Waals surface area contributed by atoms with Crippen molar-refractivity contribution in [3.63, 3.8) is 0 Å². The smallest absolute Gasteiger partial charge is 0.292 e. The predicted octanol–water partition coefficient (Wildman–Crippen LogP) is 4.12. The Morgan fingerprint density at radius 1 is 1.03 bits per heavy atom. The number of aryl methyl sites for hydroxylation is 1. The lowest BCUT2D eigenvalue weighted by Crippen LogP contribution is -2.21. The van der Waals surface area contributed by atoms with Gasteiger partial charge in [-0.3, -0.25) is 4.79 Å². The van der Waals surface area contributed by atoms with Crippen LogP contribution < -0.4 is 10.5 Å². The Morgan fingerprint density at radius 2 is 1.80 bits per heavy atom. The van der Waals surface area contributed by atoms with Crippen LogP contribution in [0.3, 0.4) is 0 Å². The molecule has 0 bridgehead atoms. The quantitative estimate of drug-likeness (QED) is 0.425. The second-order valence-electron chi connectivity index (χ2n) is 7.18. The zero-order chi connectivity index (χ0) is 21.0. The third kappa shape index (κ3) is 2.96. The van der Waals surface area contributed by atoms with Gasteiger partial charge in [0.2, 0.25) is 5.95 Å². The number of nitrogens with zero attached hydrogens (tertiary/aromatic N) is 6. The molecule has 0 fully saturated rings. The van der Waals surface area contributed by atoms with Crippen molar-refractivity contribution in [2.45, 2.75) is 0 Å². The van der Waals surface area contributed by atoms with E-state index >= 15 is 0 Å². The van der Waals surface area contributed by atoms with Gasteiger partial charge >= 0.3 is 0 Å². The van der Waals surface area contributed by atoms with E-state index in [0.29, 0.717) is 20.9 Å². The number of hydrogen-bond acceptors (Lipinski definition) is 6. The third-order valence-electron chi connectivity index (χ3n) is 4.96. The zero-order valence-corrected chi connectivity index (χ0v) is 18.1. The van der Waals surface area contributed by atoms with Gasteiger partial charge in [0.1, 0.15) is 10.2 Å². The number of thiophene rings is 1. The summed E-state index contributed by atoms with van der Waals surface area (Å²) in [5.74, 6) is 0.835. The molecule has 0 saturated heterocycles. The minimum absolute atomic E-state index is 0.195. The number of halogens is 1. The number of rotatable bonds is 3. The van der Waals surface area contributed by atoms with Crippen molar-refractivity contribution in [1.29, 1.82) is 0 Å². The van der Waals surface area contributed by atoms with Crippen LogP contribution in [0.4, 0.5) is 5.95 Å². The molecular weight excluding hydrogens is 420 g/mol. The highest BCUT2D eigenvalue weighted by Gasteiger charge is 2.15. The molecule has 3 aromatic heterocycles. The highest BCUT2D eigenvalue weighted by molar-refractivity contribution is 7.22. The molecule has 7 nitrogen and oxygen atoms in total. The fourth-order valence-corrected chi connectivity index (χ4v) is 4.61. The monoisotopic (exact) mass is 436 g/mol. The molecule has 9 heteroatoms. The first-order chi connectivity index (χ1) is 14.4. The van der Waals surface area contributed by atoms with Crippen LogP contribution in [0.15, 0.2) is 53.3 Å². The maximum atomic E-state index is 13.2. The summed E-state index contributed by atoms with van der Waals surface area (Å²) in [6, 6.07) is 15.0. The summed E-state index contributed by atoms with van der Waals surface area (Å²) < 4.78 is 3.89. The van der Waals surface area contributed by atoms with Gasteiger partial charge in [-0.05, 0) is 42.0 Å². The van der Waals surface area contributed by atoms with Crippen LogP contribution >= 0.6 is 22.9 Å². The fraction of sp³-hybridized carbons (Fsp3) is 0.143. The SMILES string of the molecule is CN(C)c1nc2ccc(-n3nnc4cc(-c5ccc(Cl)cc5)sc4c3=O)cc2n1C. The molecule has 0 amide bonds. The van der Waals surface area contributed by atoms with Crippen molar-refractivity contribution in [3.8, 4) is 16.1 Å². The highest BCUT2D eigenvalue weighted by atomic mass is 35.5. The van der Waals surface area contributed by atoms with Crippen LogP contribution in [-0.4, -0.2) is 38.6 Å². The molecule has 0 aliphatic carbocycles. The number of imidazole rings is 1. The molecule has 0 radical (unpaired) electrons. The van der Waals surface area contributed by atoms with Gasteiger partial charge in [0, 0.05) is 31.0 Å². The second kappa shape index (κ2) is 6.93. The Labute approximate surface area is 180 Å². The Morgan fingerprint density at radius 3 is 2.53 bits per heavy atom. The third-order valence-corrected chi connectivity index (χ3v) is 6.37. The van der Waals surface area contributed by atoms with E-state index in [1.165, 1.54) is 16.0 Å². The molecule has 2 aromatic carbocycles. The first-order valence-corrected chi connectivity index (χ1v) is 10.4. The average Bonchev–Trinajstić information content (AvgIpc) is 3.31. The van der Waals surface area contributed by atoms with Crippen LogP contribution in [0.5, 0.6) is 0 Å². The van der Waals surface area contributed by atoms with Crippen molar-refractivity contribution in [1.82, 2.24) is 24.5 Å². The van der Waals surface area contributed by atoms with Crippen LogP contribution in [0, 0.1) is 0 Å². The average molecular weight is 437 g/mol. The van der Waals surface area contributed by atoms with E-state index in [9.17, 15) is 4.79 Å². The molecular formula is C21H17ClN6OS. The lowest BCUT2D eigenvalue weighted by molar-refractivity contribution is 0.740. The molecule has 0 atom stereocenters. The summed E-state index contributed by atoms with van der Waals surface area (Å²) in [6.07, 6.45) is 0. The van der Waals surface area contributed by atoms with Crippen molar-refractivity contribution < 1.29 is 0 Å². The van der Waals surface area contributed by atoms with Gasteiger partial charge in [-0.2, -0.15) is 4.68 Å². The predicted molar refractivity (Wildman–Crippen MR) is 122 cm³/mol. The van der Waals surface area contributed by atoms with Crippen molar-refractivity contribution in [2.75, 3.05) is 19.0 Å². The molecule has 5 aromatic rings. The van der Waals surface area contributed by atoms with E-state index in [4.69, 9.17) is 11.6 Å². The highest BCUT2D eigenvalue weighted by Crippen LogP contribution is 2.31. The standard InChI is InChI=1S/C21H17ClN6OS/c1-26(2)21-23-15-9-8-14(10-17(15)27(21)3)28-20(29)19-16(24-25-28)11-18(30-19)12-4-6-13(22)7-5-12/h4-11H,1-3H3. The molecule has 0 unspecified atom stereocenters. The van der Waals surface area contributed by atoms with Crippen LogP contribution in [-0.2, 0) is 7.05 Å². The summed E-state index contributed by atoms with van der Waals surface area (Å²) >= 11 is 7.39. The van der Waals surface area contributed by atoms with Gasteiger partial charge in [0.15, 0.2) is 0 Å². The Hall–Kier alpha value is -3.23. The molecule has 0 N–H and O–H groups in total. The number of benzene rings is 2. The molecule has 30 heavy (non-hydrogen) atoms. The summed E-state index contributed by atoms with van der Waals surface area (Å²) in [7, 11) is 5.84. The number of hydrogen-bond donors (Lipinski definition) is 0. The molecule has 0 aliphatic rings. The number of fused-ring (bicyclic) bond motifs is 2. The fourth-order valence-electron chi connectivity index (χ4n) is 3.46. The topological polar surface area (TPSA) is 68.8 Å². The molecule has 0 saturated carbocycles. The van der Waals surface area contributed by atoms with Gasteiger partial charge in [-0.15, -0.1) is 16.4 Å². The molecule has 5 rings (SSSR count). The van der Waals surface area contributed by atoms with E-state index in [-0.39, 0.29) is 5.56 Å². The van der Waals surface area contributed by atoms with Crippen molar-refractivity contribution in [3.05, 3.63) is 63.9 Å². The van der Waals surface area contributed by atoms with E-state index in [1.54, 1.807) is 0 Å². The van der Waals surface area contributed by atoms with E-state index < -0.39 is 0 Å². The molecule has 3 heterocycles. The molecule has 0 aliphatic heterocycles. The van der Waals surface area contributed by atoms with E-state index in [2.05, 4.69) is 15.3 Å². The first kappa shape index (κ1) is 18.8. The second-order valence-corrected chi connectivity index (χ2v) is 8.67. The Bertz CT molecular complexity index is 1470. The number of anilines is 1. The van der Waals surface area contributed by atoms with Crippen molar-refractivity contribution >= 4 is 50.1 Å². The molecule has 0 spiro atoms. The van der Waals surface area contributed by atoms with E-state index in [0.717, 1.165) is 27.4 Å². The van der Waals surface area contributed by atoms with E-state index in [1.807, 2.05) is 79.1 Å². The summed E-state index contributed by atoms with van der Waals surface area (Å²) in [5, 5.41) is 9.13. The minimum atomic E-state index is -0.195. The molecule has 150 valence electrons. The normalized spacial score (nSPS) is 11.5. The van der Waals surface area contributed by atoms with Gasteiger partial charge in [0.25, 0.3) is 5.56 Å². The summed E-state index contributed by atoms with van der Waals surface area (Å²) in [4.78, 5) is 20.7. The van der Waals surface area contributed by atoms with Gasteiger partial charge in [0.05, 0.1) is 16.7 Å². The summed E-state index contributed by atoms with van der Waals surface area (Å²) in [5.41, 5.74) is 3.80. The number of aromatic nitrogens is 5. The maximum absolute atomic E-state index is 13.2. The Kier molecular flexibility index (Phi) is 4.34. The summed E-state index contributed by atoms with van der Waals surface area (Å²) in [6.45, 7) is 0. The lowest BCUT2D eigenvalue weighted by atomic mass is 10.2. The van der Waals surface area contributed by atoms with Gasteiger partial charge in [-0.25, -0.2) is 4.98 Å². The largest absolute Gasteiger partial charge is 0.348 e. The van der Waals surface area contributed by atoms with Crippen LogP contribution in [0.2, 0.25) is 5.02 Å². The van der Waals surface area contributed by atoms with Gasteiger partial charge < -0.3 is 9.47 Å². The van der Waals surface area contributed by atoms with Crippen LogP contribution in [0.25, 0.3) is 37.4 Å². The van der Waals surface area contributed by atoms with Crippen LogP contribution in [0.1, 0.15) is 0 Å². The van der Waals surface area contributed by atoms with Gasteiger partial charge in [-0.1, -0.05) is 28.9 Å². The van der Waals surface area contributed by atoms with Crippen molar-refractivity contribution in [2.24, 2.45) is 7.05 Å². The minimum Gasteiger partial charge on any atom is -0.348 e. The maximum Gasteiger partial charge on any atom is 0.292 e. The zero-order valence-electron chi connectivity index (χ0n) is 16.5. The lowest BCUT2D eigenvalue weighted by Gasteiger charge is -2.10. The Balaban J connectivity index is 1.64.